The average Bonchev–Trinajstić information content (AvgIpc) is 3.08. The van der Waals surface area contributed by atoms with Crippen LogP contribution in [0.5, 0.6) is 0 Å². The highest BCUT2D eigenvalue weighted by atomic mass is 32.2. The van der Waals surface area contributed by atoms with E-state index in [1.54, 1.807) is 0 Å². The Morgan fingerprint density at radius 3 is 2.76 bits per heavy atom. The van der Waals surface area contributed by atoms with E-state index in [-0.39, 0.29) is 23.9 Å². The van der Waals surface area contributed by atoms with Gasteiger partial charge >= 0.3 is 6.03 Å². The van der Waals surface area contributed by atoms with E-state index < -0.39 is 0 Å². The van der Waals surface area contributed by atoms with Crippen molar-refractivity contribution >= 4 is 29.6 Å². The van der Waals surface area contributed by atoms with E-state index in [0.717, 1.165) is 44.3 Å². The van der Waals surface area contributed by atoms with Crippen molar-refractivity contribution in [3.05, 3.63) is 0 Å². The first-order chi connectivity index (χ1) is 12.0. The maximum Gasteiger partial charge on any atom is 0.317 e. The van der Waals surface area contributed by atoms with E-state index in [4.69, 9.17) is 5.73 Å². The molecule has 142 valence electrons. The summed E-state index contributed by atoms with van der Waals surface area (Å²) in [7, 11) is 1.87. The molecule has 0 radical (unpaired) electrons. The molecule has 4 amide bonds. The molecule has 0 aromatic carbocycles. The van der Waals surface area contributed by atoms with Crippen molar-refractivity contribution < 1.29 is 14.4 Å². The van der Waals surface area contributed by atoms with E-state index in [1.165, 1.54) is 0 Å². The van der Waals surface area contributed by atoms with Crippen LogP contribution in [0.1, 0.15) is 51.4 Å². The Kier molecular flexibility index (Phi) is 7.87. The van der Waals surface area contributed by atoms with Gasteiger partial charge in [-0.05, 0) is 25.7 Å². The molecule has 2 unspecified atom stereocenters. The number of primary amides is 1. The van der Waals surface area contributed by atoms with Crippen LogP contribution < -0.4 is 16.4 Å². The first-order valence-electron chi connectivity index (χ1n) is 9.19. The van der Waals surface area contributed by atoms with E-state index >= 15 is 0 Å². The van der Waals surface area contributed by atoms with Crippen molar-refractivity contribution in [2.75, 3.05) is 19.3 Å². The van der Waals surface area contributed by atoms with E-state index in [0.29, 0.717) is 30.7 Å². The van der Waals surface area contributed by atoms with Gasteiger partial charge in [-0.15, -0.1) is 0 Å². The number of hydrogen-bond donors (Lipinski definition) is 3. The molecule has 4 N–H and O–H groups in total. The number of urea groups is 1. The van der Waals surface area contributed by atoms with Gasteiger partial charge in [-0.3, -0.25) is 9.59 Å². The van der Waals surface area contributed by atoms with Gasteiger partial charge in [0.25, 0.3) is 0 Å². The minimum absolute atomic E-state index is 0.0375. The zero-order valence-corrected chi connectivity index (χ0v) is 15.8. The Morgan fingerprint density at radius 2 is 2.00 bits per heavy atom. The molecule has 7 nitrogen and oxygen atoms in total. The summed E-state index contributed by atoms with van der Waals surface area (Å²) < 4.78 is 0. The second kappa shape index (κ2) is 9.89. The molecule has 0 aromatic rings. The highest BCUT2D eigenvalue weighted by molar-refractivity contribution is 8.00. The fraction of sp³-hybridized carbons (Fsp3) is 0.824. The molecular weight excluding hydrogens is 340 g/mol. The molecule has 0 spiro atoms. The van der Waals surface area contributed by atoms with Gasteiger partial charge in [-0.25, -0.2) is 4.79 Å². The lowest BCUT2D eigenvalue weighted by Gasteiger charge is -2.23. The van der Waals surface area contributed by atoms with Crippen LogP contribution in [0.25, 0.3) is 0 Å². The van der Waals surface area contributed by atoms with Gasteiger partial charge in [0.1, 0.15) is 0 Å². The number of hydrogen-bond acceptors (Lipinski definition) is 4. The van der Waals surface area contributed by atoms with Crippen LogP contribution in [-0.2, 0) is 9.59 Å². The van der Waals surface area contributed by atoms with Crippen LogP contribution in [0, 0.1) is 0 Å². The van der Waals surface area contributed by atoms with Gasteiger partial charge in [0.15, 0.2) is 0 Å². The molecule has 2 aliphatic rings. The number of unbranched alkanes of at least 4 members (excludes halogenated alkanes) is 3. The average molecular weight is 371 g/mol. The lowest BCUT2D eigenvalue weighted by atomic mass is 10.0. The van der Waals surface area contributed by atoms with E-state index in [1.807, 2.05) is 23.7 Å². The Labute approximate surface area is 153 Å². The summed E-state index contributed by atoms with van der Waals surface area (Å²) in [4.78, 5) is 35.9. The smallest absolute Gasteiger partial charge is 0.317 e. The van der Waals surface area contributed by atoms with Crippen LogP contribution in [0.15, 0.2) is 0 Å². The molecule has 2 fully saturated rings. The summed E-state index contributed by atoms with van der Waals surface area (Å²) in [5.41, 5.74) is 5.08. The first-order valence-corrected chi connectivity index (χ1v) is 10.2. The van der Waals surface area contributed by atoms with Crippen molar-refractivity contribution in [2.24, 2.45) is 5.73 Å². The third kappa shape index (κ3) is 6.09. The summed E-state index contributed by atoms with van der Waals surface area (Å²) >= 11 is 1.93. The number of likely N-dealkylation sites (N-methyl/N-ethyl adjacent to an activating group) is 1. The molecule has 3 atom stereocenters. The van der Waals surface area contributed by atoms with Gasteiger partial charge in [-0.2, -0.15) is 11.8 Å². The molecule has 8 heteroatoms. The van der Waals surface area contributed by atoms with Gasteiger partial charge in [0.05, 0.1) is 12.1 Å². The number of fused-ring (bicyclic) bond motifs is 1. The monoisotopic (exact) mass is 370 g/mol. The number of nitrogens with one attached hydrogen (secondary N) is 2. The molecule has 25 heavy (non-hydrogen) atoms. The van der Waals surface area contributed by atoms with Crippen LogP contribution in [-0.4, -0.2) is 59.4 Å². The zero-order valence-electron chi connectivity index (χ0n) is 15.0. The van der Waals surface area contributed by atoms with Crippen LogP contribution >= 0.6 is 11.8 Å². The maximum atomic E-state index is 11.8. The minimum atomic E-state index is -0.264. The topological polar surface area (TPSA) is 105 Å². The van der Waals surface area contributed by atoms with Gasteiger partial charge < -0.3 is 21.3 Å². The van der Waals surface area contributed by atoms with Crippen molar-refractivity contribution in [1.82, 2.24) is 15.5 Å². The summed E-state index contributed by atoms with van der Waals surface area (Å²) in [6.07, 6.45) is 6.50. The summed E-state index contributed by atoms with van der Waals surface area (Å²) in [5, 5.41) is 6.42. The molecule has 2 rings (SSSR count). The quantitative estimate of drug-likeness (QED) is 0.376. The fourth-order valence-corrected chi connectivity index (χ4v) is 5.17. The lowest BCUT2D eigenvalue weighted by Crippen LogP contribution is -2.38. The van der Waals surface area contributed by atoms with Gasteiger partial charge in [-0.1, -0.05) is 12.8 Å². The second-order valence-electron chi connectivity index (χ2n) is 6.90. The standard InChI is InChI=1S/C17H30N4O3S/c1-21-16-12(20-17(21)24)11-25-13(16)7-4-5-9-15(23)19-10-6-2-3-8-14(18)22/h12-13,16H,2-11H2,1H3,(H2,18,22)(H,19,23)(H,20,24)/t12?,13-,16?/m0/s1. The highest BCUT2D eigenvalue weighted by Gasteiger charge is 2.46. The third-order valence-electron chi connectivity index (χ3n) is 4.92. The summed E-state index contributed by atoms with van der Waals surface area (Å²) in [6, 6.07) is 0.618. The Morgan fingerprint density at radius 1 is 1.24 bits per heavy atom. The Hall–Kier alpha value is -1.44. The van der Waals surface area contributed by atoms with Crippen LogP contribution in [0.3, 0.4) is 0 Å². The molecule has 0 aromatic heterocycles. The summed E-state index contributed by atoms with van der Waals surface area (Å²) in [6.45, 7) is 0.665. The summed E-state index contributed by atoms with van der Waals surface area (Å²) in [5.74, 6) is 0.822. The predicted octanol–water partition coefficient (Wildman–Crippen LogP) is 1.22. The molecular formula is C17H30N4O3S. The molecule has 2 heterocycles. The number of amides is 4. The van der Waals surface area contributed by atoms with Crippen molar-refractivity contribution in [2.45, 2.75) is 68.7 Å². The molecule has 0 bridgehead atoms. The molecule has 2 saturated heterocycles. The number of carbonyl (C=O) groups is 3. The molecule has 0 aliphatic carbocycles. The number of nitrogens with zero attached hydrogens (tertiary/aromatic N) is 1. The van der Waals surface area contributed by atoms with E-state index in [9.17, 15) is 14.4 Å². The SMILES string of the molecule is CN1C(=O)NC2CS[C@@H](CCCCC(=O)NCCCCCC(N)=O)C21. The first kappa shape index (κ1) is 19.9. The fourth-order valence-electron chi connectivity index (χ4n) is 3.53. The van der Waals surface area contributed by atoms with Gasteiger partial charge in [0.2, 0.25) is 11.8 Å². The number of nitrogens with two attached hydrogens (primary N) is 1. The Bertz CT molecular complexity index is 489. The normalized spacial score (nSPS) is 24.9. The molecule has 2 aliphatic heterocycles. The van der Waals surface area contributed by atoms with E-state index in [2.05, 4.69) is 10.6 Å². The molecule has 0 saturated carbocycles. The zero-order chi connectivity index (χ0) is 18.2. The van der Waals surface area contributed by atoms with Crippen LogP contribution in [0.4, 0.5) is 4.79 Å². The van der Waals surface area contributed by atoms with Crippen LogP contribution in [0.2, 0.25) is 0 Å². The van der Waals surface area contributed by atoms with Gasteiger partial charge in [0, 0.05) is 37.4 Å². The minimum Gasteiger partial charge on any atom is -0.370 e. The number of rotatable bonds is 11. The third-order valence-corrected chi connectivity index (χ3v) is 6.42. The number of carbonyl (C=O) groups excluding carboxylic acids is 3. The predicted molar refractivity (Wildman–Crippen MR) is 99.3 cm³/mol. The lowest BCUT2D eigenvalue weighted by molar-refractivity contribution is -0.121. The Balaban J connectivity index is 1.49. The second-order valence-corrected chi connectivity index (χ2v) is 8.17. The largest absolute Gasteiger partial charge is 0.370 e. The number of thioether (sulfide) groups is 1. The van der Waals surface area contributed by atoms with Crippen molar-refractivity contribution in [1.29, 1.82) is 0 Å². The highest BCUT2D eigenvalue weighted by Crippen LogP contribution is 2.36. The maximum absolute atomic E-state index is 11.8. The van der Waals surface area contributed by atoms with Crippen molar-refractivity contribution in [3.8, 4) is 0 Å². The van der Waals surface area contributed by atoms with Crippen molar-refractivity contribution in [3.63, 3.8) is 0 Å².